The molecule has 4 rings (SSSR count). The Kier molecular flexibility index (Phi) is 8.74. The molecule has 0 aromatic heterocycles. The number of carbonyl (C=O) groups excluding carboxylic acids is 3. The zero-order chi connectivity index (χ0) is 27.4. The van der Waals surface area contributed by atoms with Crippen molar-refractivity contribution in [2.45, 2.75) is 64.5 Å². The fourth-order valence-corrected chi connectivity index (χ4v) is 5.22. The highest BCUT2D eigenvalue weighted by molar-refractivity contribution is 6.01. The first-order valence-electron chi connectivity index (χ1n) is 13.5. The molecule has 2 N–H and O–H groups in total. The largest absolute Gasteiger partial charge is 0.444 e. The summed E-state index contributed by atoms with van der Waals surface area (Å²) in [5.74, 6) is -1.52. The van der Waals surface area contributed by atoms with Gasteiger partial charge in [0.1, 0.15) is 23.3 Å². The highest BCUT2D eigenvalue weighted by atomic mass is 19.1. The van der Waals surface area contributed by atoms with Gasteiger partial charge >= 0.3 is 6.09 Å². The number of likely N-dealkylation sites (tertiary alicyclic amines) is 1. The van der Waals surface area contributed by atoms with Crippen LogP contribution in [0.5, 0.6) is 0 Å². The number of hydrogen-bond donors (Lipinski definition) is 2. The van der Waals surface area contributed by atoms with Gasteiger partial charge in [0.05, 0.1) is 11.4 Å². The number of benzene rings is 1. The average molecular weight is 536 g/mol. The van der Waals surface area contributed by atoms with E-state index in [-0.39, 0.29) is 36.2 Å². The molecule has 1 aromatic carbocycles. The maximum atomic E-state index is 14.9. The average Bonchev–Trinajstić information content (AvgIpc) is 2.86. The summed E-state index contributed by atoms with van der Waals surface area (Å²) in [7, 11) is 0. The smallest absolute Gasteiger partial charge is 0.410 e. The Bertz CT molecular complexity index is 1030. The number of halogens is 2. The van der Waals surface area contributed by atoms with Crippen molar-refractivity contribution < 1.29 is 27.9 Å². The van der Waals surface area contributed by atoms with Crippen LogP contribution in [0.3, 0.4) is 0 Å². The molecule has 3 amide bonds. The highest BCUT2D eigenvalue weighted by Crippen LogP contribution is 2.29. The van der Waals surface area contributed by atoms with Gasteiger partial charge < -0.3 is 19.9 Å². The number of piperidine rings is 2. The van der Waals surface area contributed by atoms with Gasteiger partial charge in [0, 0.05) is 57.8 Å². The standard InChI is InChI=1S/C27H39F2N5O4/c1-27(2,3)38-26(37)34-10-7-18(8-11-34)6-9-32-12-14-33(15-13-32)23-17-19(28)22(16-20(23)29)30-21-4-5-24(35)31-25(21)36/h16-18,21,30H,4-15H2,1-3H3,(H,31,35,36). The molecule has 0 spiro atoms. The first kappa shape index (κ1) is 28.1. The molecule has 0 bridgehead atoms. The first-order chi connectivity index (χ1) is 18.0. The van der Waals surface area contributed by atoms with Crippen LogP contribution in [-0.4, -0.2) is 85.2 Å². The zero-order valence-corrected chi connectivity index (χ0v) is 22.5. The minimum Gasteiger partial charge on any atom is -0.444 e. The van der Waals surface area contributed by atoms with E-state index in [9.17, 15) is 23.2 Å². The minimum absolute atomic E-state index is 0.0860. The molecule has 38 heavy (non-hydrogen) atoms. The predicted octanol–water partition coefficient (Wildman–Crippen LogP) is 3.34. The maximum Gasteiger partial charge on any atom is 0.410 e. The van der Waals surface area contributed by atoms with Gasteiger partial charge in [-0.1, -0.05) is 0 Å². The second kappa shape index (κ2) is 11.8. The van der Waals surface area contributed by atoms with E-state index in [2.05, 4.69) is 15.5 Å². The van der Waals surface area contributed by atoms with Gasteiger partial charge in [0.15, 0.2) is 0 Å². The molecular formula is C27H39F2N5O4. The molecule has 0 aliphatic carbocycles. The number of piperazine rings is 1. The number of nitrogens with one attached hydrogen (secondary N) is 2. The Hall–Kier alpha value is -2.95. The van der Waals surface area contributed by atoms with Crippen LogP contribution in [0.15, 0.2) is 12.1 Å². The molecule has 11 heteroatoms. The van der Waals surface area contributed by atoms with Crippen molar-refractivity contribution in [2.24, 2.45) is 5.92 Å². The molecule has 3 aliphatic rings. The third-order valence-corrected chi connectivity index (χ3v) is 7.44. The molecule has 3 heterocycles. The lowest BCUT2D eigenvalue weighted by Crippen LogP contribution is -2.48. The van der Waals surface area contributed by atoms with Crippen LogP contribution < -0.4 is 15.5 Å². The molecule has 1 atom stereocenters. The summed E-state index contributed by atoms with van der Waals surface area (Å²) in [6.07, 6.45) is 3.12. The van der Waals surface area contributed by atoms with E-state index in [0.717, 1.165) is 45.0 Å². The minimum atomic E-state index is -0.777. The van der Waals surface area contributed by atoms with E-state index < -0.39 is 29.2 Å². The molecule has 210 valence electrons. The molecular weight excluding hydrogens is 496 g/mol. The summed E-state index contributed by atoms with van der Waals surface area (Å²) < 4.78 is 35.2. The first-order valence-corrected chi connectivity index (χ1v) is 13.5. The van der Waals surface area contributed by atoms with Crippen LogP contribution in [0.4, 0.5) is 25.0 Å². The summed E-state index contributed by atoms with van der Waals surface area (Å²) in [6.45, 7) is 10.7. The Morgan fingerprint density at radius 2 is 1.71 bits per heavy atom. The van der Waals surface area contributed by atoms with Crippen molar-refractivity contribution in [3.63, 3.8) is 0 Å². The van der Waals surface area contributed by atoms with Crippen molar-refractivity contribution in [3.8, 4) is 0 Å². The Morgan fingerprint density at radius 3 is 2.34 bits per heavy atom. The van der Waals surface area contributed by atoms with Crippen molar-refractivity contribution >= 4 is 29.3 Å². The quantitative estimate of drug-likeness (QED) is 0.540. The van der Waals surface area contributed by atoms with Crippen LogP contribution >= 0.6 is 0 Å². The number of amides is 3. The van der Waals surface area contributed by atoms with Gasteiger partial charge in [-0.15, -0.1) is 0 Å². The highest BCUT2D eigenvalue weighted by Gasteiger charge is 2.29. The van der Waals surface area contributed by atoms with Gasteiger partial charge in [-0.25, -0.2) is 13.6 Å². The lowest BCUT2D eigenvalue weighted by molar-refractivity contribution is -0.133. The normalized spacial score (nSPS) is 21.9. The zero-order valence-electron chi connectivity index (χ0n) is 22.5. The third-order valence-electron chi connectivity index (χ3n) is 7.44. The van der Waals surface area contributed by atoms with Gasteiger partial charge in [0.2, 0.25) is 11.8 Å². The number of ether oxygens (including phenoxy) is 1. The summed E-state index contributed by atoms with van der Waals surface area (Å²) >= 11 is 0. The van der Waals surface area contributed by atoms with Crippen molar-refractivity contribution in [3.05, 3.63) is 23.8 Å². The van der Waals surface area contributed by atoms with Crippen LogP contribution in [0.1, 0.15) is 52.9 Å². The number of nitrogens with zero attached hydrogens (tertiary/aromatic N) is 3. The molecule has 3 aliphatic heterocycles. The van der Waals surface area contributed by atoms with Crippen LogP contribution in [-0.2, 0) is 14.3 Å². The Labute approximate surface area is 222 Å². The number of rotatable bonds is 6. The van der Waals surface area contributed by atoms with Crippen LogP contribution in [0.2, 0.25) is 0 Å². The van der Waals surface area contributed by atoms with Gasteiger partial charge in [0.25, 0.3) is 0 Å². The topological polar surface area (TPSA) is 94.2 Å². The number of carbonyl (C=O) groups is 3. The fourth-order valence-electron chi connectivity index (χ4n) is 5.22. The molecule has 3 saturated heterocycles. The number of anilines is 2. The van der Waals surface area contributed by atoms with E-state index >= 15 is 0 Å². The molecule has 9 nitrogen and oxygen atoms in total. The van der Waals surface area contributed by atoms with Crippen molar-refractivity contribution in [1.82, 2.24) is 15.1 Å². The monoisotopic (exact) mass is 535 g/mol. The van der Waals surface area contributed by atoms with Crippen molar-refractivity contribution in [1.29, 1.82) is 0 Å². The van der Waals surface area contributed by atoms with Crippen LogP contribution in [0, 0.1) is 17.6 Å². The van der Waals surface area contributed by atoms with E-state index in [0.29, 0.717) is 32.1 Å². The summed E-state index contributed by atoms with van der Waals surface area (Å²) in [6, 6.07) is 1.49. The molecule has 0 radical (unpaired) electrons. The van der Waals surface area contributed by atoms with Crippen molar-refractivity contribution in [2.75, 3.05) is 56.0 Å². The Balaban J connectivity index is 1.21. The van der Waals surface area contributed by atoms with Gasteiger partial charge in [-0.2, -0.15) is 0 Å². The van der Waals surface area contributed by atoms with Crippen LogP contribution in [0.25, 0.3) is 0 Å². The molecule has 3 fully saturated rings. The van der Waals surface area contributed by atoms with E-state index in [1.807, 2.05) is 25.7 Å². The van der Waals surface area contributed by atoms with E-state index in [1.165, 1.54) is 6.07 Å². The second-order valence-electron chi connectivity index (χ2n) is 11.5. The molecule has 0 saturated carbocycles. The molecule has 1 unspecified atom stereocenters. The number of hydrogen-bond acceptors (Lipinski definition) is 7. The third kappa shape index (κ3) is 7.33. The summed E-state index contributed by atoms with van der Waals surface area (Å²) in [4.78, 5) is 41.5. The maximum absolute atomic E-state index is 14.9. The predicted molar refractivity (Wildman–Crippen MR) is 140 cm³/mol. The van der Waals surface area contributed by atoms with E-state index in [1.54, 1.807) is 4.90 Å². The molecule has 1 aromatic rings. The summed E-state index contributed by atoms with van der Waals surface area (Å²) in [5, 5.41) is 4.93. The van der Waals surface area contributed by atoms with Gasteiger partial charge in [-0.3, -0.25) is 19.8 Å². The lowest BCUT2D eigenvalue weighted by Gasteiger charge is -2.38. The fraction of sp³-hybridized carbons (Fsp3) is 0.667. The summed E-state index contributed by atoms with van der Waals surface area (Å²) in [5.41, 5.74) is -0.359. The second-order valence-corrected chi connectivity index (χ2v) is 11.5. The number of imide groups is 1. The Morgan fingerprint density at radius 1 is 1.03 bits per heavy atom. The van der Waals surface area contributed by atoms with E-state index in [4.69, 9.17) is 4.74 Å². The van der Waals surface area contributed by atoms with Gasteiger partial charge in [-0.05, 0) is 58.9 Å². The lowest BCUT2D eigenvalue weighted by atomic mass is 9.93. The SMILES string of the molecule is CC(C)(C)OC(=O)N1CCC(CCN2CCN(c3cc(F)c(NC4CCC(=O)NC4=O)cc3F)CC2)CC1.